The zero-order valence-corrected chi connectivity index (χ0v) is 60.4. The molecular weight excluding hydrogens is 1190 g/mol. The third-order valence-electron chi connectivity index (χ3n) is 16.7. The van der Waals surface area contributed by atoms with E-state index in [0.29, 0.717) is 25.7 Å². The number of carbonyl (C=O) groups is 4. The quantitative estimate of drug-likeness (QED) is 0.0222. The minimum Gasteiger partial charge on any atom is -0.462 e. The molecule has 0 radical (unpaired) electrons. The van der Waals surface area contributed by atoms with Crippen LogP contribution < -0.4 is 0 Å². The first-order valence-corrected chi connectivity index (χ1v) is 39.9. The maximum Gasteiger partial charge on any atom is 0.472 e. The number of unbranched alkanes of at least 4 members (excludes halogenated alkanes) is 36. The molecule has 17 nitrogen and oxygen atoms in total. The van der Waals surface area contributed by atoms with Gasteiger partial charge in [-0.3, -0.25) is 37.3 Å². The van der Waals surface area contributed by atoms with E-state index in [1.807, 2.05) is 0 Å². The summed E-state index contributed by atoms with van der Waals surface area (Å²) >= 11 is 0. The summed E-state index contributed by atoms with van der Waals surface area (Å²) in [6.45, 7) is 11.8. The molecule has 0 aromatic rings. The molecule has 0 saturated carbocycles. The molecule has 0 heterocycles. The Morgan fingerprint density at radius 2 is 0.567 bits per heavy atom. The fourth-order valence-corrected chi connectivity index (χ4v) is 12.3. The maximum absolute atomic E-state index is 13.0. The fraction of sp³-hybridized carbons (Fsp3) is 0.944. The molecule has 0 bridgehead atoms. The number of hydrogen-bond donors (Lipinski definition) is 3. The molecule has 6 atom stereocenters. The van der Waals surface area contributed by atoms with E-state index in [-0.39, 0.29) is 25.7 Å². The van der Waals surface area contributed by atoms with Gasteiger partial charge in [0.15, 0.2) is 12.2 Å². The monoisotopic (exact) mass is 1320 g/mol. The van der Waals surface area contributed by atoms with E-state index < -0.39 is 97.5 Å². The molecule has 0 aromatic carbocycles. The first kappa shape index (κ1) is 88.1. The van der Waals surface area contributed by atoms with Crippen LogP contribution in [0.5, 0.6) is 0 Å². The van der Waals surface area contributed by atoms with Crippen molar-refractivity contribution in [3.8, 4) is 0 Å². The van der Waals surface area contributed by atoms with Crippen LogP contribution in [0.15, 0.2) is 0 Å². The summed E-state index contributed by atoms with van der Waals surface area (Å²) in [6.07, 6.45) is 45.9. The third-order valence-corrected chi connectivity index (χ3v) is 18.6. The molecule has 0 aliphatic rings. The van der Waals surface area contributed by atoms with Crippen LogP contribution in [0, 0.1) is 17.8 Å². The Morgan fingerprint density at radius 3 is 0.844 bits per heavy atom. The second-order valence-electron chi connectivity index (χ2n) is 26.8. The van der Waals surface area contributed by atoms with Crippen molar-refractivity contribution < 1.29 is 80.2 Å². The van der Waals surface area contributed by atoms with Gasteiger partial charge in [0.2, 0.25) is 0 Å². The number of hydrogen-bond acceptors (Lipinski definition) is 15. The van der Waals surface area contributed by atoms with Crippen LogP contribution in [0.2, 0.25) is 0 Å². The molecule has 534 valence electrons. The Morgan fingerprint density at radius 1 is 0.322 bits per heavy atom. The van der Waals surface area contributed by atoms with Crippen molar-refractivity contribution >= 4 is 39.5 Å². The van der Waals surface area contributed by atoms with Crippen LogP contribution in [-0.4, -0.2) is 96.7 Å². The van der Waals surface area contributed by atoms with Gasteiger partial charge in [0.25, 0.3) is 0 Å². The van der Waals surface area contributed by atoms with Crippen molar-refractivity contribution in [2.45, 2.75) is 375 Å². The number of esters is 4. The van der Waals surface area contributed by atoms with E-state index in [1.165, 1.54) is 161 Å². The molecule has 19 heteroatoms. The Kier molecular flexibility index (Phi) is 60.6. The number of phosphoric ester groups is 2. The van der Waals surface area contributed by atoms with Crippen molar-refractivity contribution in [1.29, 1.82) is 0 Å². The second kappa shape index (κ2) is 61.9. The summed E-state index contributed by atoms with van der Waals surface area (Å²) < 4.78 is 68.2. The van der Waals surface area contributed by atoms with Crippen molar-refractivity contribution in [3.63, 3.8) is 0 Å². The van der Waals surface area contributed by atoms with Crippen LogP contribution >= 0.6 is 15.6 Å². The van der Waals surface area contributed by atoms with Crippen LogP contribution in [0.25, 0.3) is 0 Å². The molecule has 3 N–H and O–H groups in total. The number of aliphatic hydroxyl groups excluding tert-OH is 1. The molecule has 3 unspecified atom stereocenters. The Labute approximate surface area is 549 Å². The number of ether oxygens (including phenoxy) is 4. The lowest BCUT2D eigenvalue weighted by Gasteiger charge is -2.21. The molecule has 0 saturated heterocycles. The van der Waals surface area contributed by atoms with Crippen LogP contribution in [0.3, 0.4) is 0 Å². The van der Waals surface area contributed by atoms with Crippen molar-refractivity contribution in [2.75, 3.05) is 39.6 Å². The summed E-state index contributed by atoms with van der Waals surface area (Å²) in [4.78, 5) is 72.5. The molecular formula is C71H138O17P2. The highest BCUT2D eigenvalue weighted by Crippen LogP contribution is 2.45. The molecule has 0 rings (SSSR count). The number of rotatable bonds is 69. The topological polar surface area (TPSA) is 237 Å². The normalized spacial score (nSPS) is 14.5. The fourth-order valence-electron chi connectivity index (χ4n) is 10.7. The highest BCUT2D eigenvalue weighted by molar-refractivity contribution is 7.47. The molecule has 90 heavy (non-hydrogen) atoms. The Balaban J connectivity index is 5.21. The molecule has 0 spiro atoms. The molecule has 0 aliphatic heterocycles. The number of phosphoric acid groups is 2. The predicted molar refractivity (Wildman–Crippen MR) is 363 cm³/mol. The summed E-state index contributed by atoms with van der Waals surface area (Å²) in [6, 6.07) is 0. The van der Waals surface area contributed by atoms with Gasteiger partial charge in [-0.25, -0.2) is 9.13 Å². The van der Waals surface area contributed by atoms with Gasteiger partial charge in [0, 0.05) is 25.7 Å². The smallest absolute Gasteiger partial charge is 0.462 e. The number of aliphatic hydroxyl groups is 1. The van der Waals surface area contributed by atoms with Crippen LogP contribution in [0.4, 0.5) is 0 Å². The highest BCUT2D eigenvalue weighted by atomic mass is 31.2. The average Bonchev–Trinajstić information content (AvgIpc) is 2.62. The Hall–Kier alpha value is -1.94. The third kappa shape index (κ3) is 63.5. The van der Waals surface area contributed by atoms with E-state index in [1.54, 1.807) is 0 Å². The largest absolute Gasteiger partial charge is 0.472 e. The molecule has 0 amide bonds. The number of carbonyl (C=O) groups excluding carboxylic acids is 4. The predicted octanol–water partition coefficient (Wildman–Crippen LogP) is 20.2. The lowest BCUT2D eigenvalue weighted by atomic mass is 10.00. The highest BCUT2D eigenvalue weighted by Gasteiger charge is 2.30. The van der Waals surface area contributed by atoms with Crippen LogP contribution in [0.1, 0.15) is 357 Å². The van der Waals surface area contributed by atoms with Gasteiger partial charge in [-0.2, -0.15) is 0 Å². The van der Waals surface area contributed by atoms with Gasteiger partial charge >= 0.3 is 39.5 Å². The SMILES string of the molecule is CCCCCCCCCCC(=O)OC[C@H](COP(=O)(O)OC[C@H](O)COP(=O)(O)OC[C@@H](COC(=O)CCCCCCCCCCCCCC(C)C)OC(=O)CCCCCCCCCCCCCCCCCC(C)C)OC(=O)CCCCCCCCC(C)CC. The summed E-state index contributed by atoms with van der Waals surface area (Å²) in [7, 11) is -9.90. The van der Waals surface area contributed by atoms with Crippen molar-refractivity contribution in [1.82, 2.24) is 0 Å². The molecule has 0 aliphatic carbocycles. The lowest BCUT2D eigenvalue weighted by molar-refractivity contribution is -0.161. The van der Waals surface area contributed by atoms with Gasteiger partial charge in [0.1, 0.15) is 19.3 Å². The van der Waals surface area contributed by atoms with E-state index >= 15 is 0 Å². The maximum atomic E-state index is 13.0. The van der Waals surface area contributed by atoms with E-state index in [0.717, 1.165) is 114 Å². The van der Waals surface area contributed by atoms with Gasteiger partial charge in [-0.1, -0.05) is 305 Å². The van der Waals surface area contributed by atoms with Gasteiger partial charge in [0.05, 0.1) is 26.4 Å². The summed E-state index contributed by atoms with van der Waals surface area (Å²) in [5.74, 6) is 0.164. The zero-order chi connectivity index (χ0) is 66.6. The van der Waals surface area contributed by atoms with E-state index in [2.05, 4.69) is 48.5 Å². The zero-order valence-electron chi connectivity index (χ0n) is 58.6. The van der Waals surface area contributed by atoms with E-state index in [9.17, 15) is 43.2 Å². The standard InChI is InChI=1S/C71H138O17P2/c1-8-10-11-12-13-30-38-45-52-68(73)81-59-67(88-71(76)55-48-41-34-33-37-44-51-64(7)9-2)61-86-90(79,80)84-57-65(72)56-83-89(77,78)85-60-66(58-82-69(74)53-46-39-31-26-23-19-21-25-29-36-43-50-63(5)6)87-70(75)54-47-40-32-27-22-18-16-14-15-17-20-24-28-35-42-49-62(3)4/h62-67,72H,8-61H2,1-7H3,(H,77,78)(H,79,80)/t64?,65-,66-,67-/m1/s1. The first-order chi connectivity index (χ1) is 43.3. The van der Waals surface area contributed by atoms with Crippen molar-refractivity contribution in [3.05, 3.63) is 0 Å². The van der Waals surface area contributed by atoms with Crippen LogP contribution in [-0.2, 0) is 65.4 Å². The molecule has 0 fully saturated rings. The van der Waals surface area contributed by atoms with Gasteiger partial charge < -0.3 is 33.8 Å². The van der Waals surface area contributed by atoms with Crippen molar-refractivity contribution in [2.24, 2.45) is 17.8 Å². The molecule has 0 aromatic heterocycles. The Bertz CT molecular complexity index is 1770. The first-order valence-electron chi connectivity index (χ1n) is 36.9. The summed E-state index contributed by atoms with van der Waals surface area (Å²) in [5, 5.41) is 10.6. The lowest BCUT2D eigenvalue weighted by Crippen LogP contribution is -2.30. The average molecular weight is 1330 g/mol. The van der Waals surface area contributed by atoms with E-state index in [4.69, 9.17) is 37.0 Å². The summed E-state index contributed by atoms with van der Waals surface area (Å²) in [5.41, 5.74) is 0. The minimum atomic E-state index is -4.95. The minimum absolute atomic E-state index is 0.103. The van der Waals surface area contributed by atoms with Gasteiger partial charge in [-0.15, -0.1) is 0 Å². The second-order valence-corrected chi connectivity index (χ2v) is 29.7. The van der Waals surface area contributed by atoms with Gasteiger partial charge in [-0.05, 0) is 43.4 Å².